The minimum Gasteiger partial charge on any atom is -0.490 e. The molecule has 0 bridgehead atoms. The summed E-state index contributed by atoms with van der Waals surface area (Å²) in [5.74, 6) is -4.04. The van der Waals surface area contributed by atoms with Crippen molar-refractivity contribution in [3.63, 3.8) is 0 Å². The molecule has 1 aromatic carbocycles. The highest BCUT2D eigenvalue weighted by molar-refractivity contribution is 7.92. The maximum absolute atomic E-state index is 13.8. The third-order valence-corrected chi connectivity index (χ3v) is 5.86. The first-order valence-electron chi connectivity index (χ1n) is 7.22. The van der Waals surface area contributed by atoms with Gasteiger partial charge in [-0.2, -0.15) is 13.2 Å². The lowest BCUT2D eigenvalue weighted by atomic mass is 9.92. The first-order chi connectivity index (χ1) is 11.3. The lowest BCUT2D eigenvalue weighted by Gasteiger charge is -2.32. The van der Waals surface area contributed by atoms with Crippen LogP contribution in [-0.4, -0.2) is 42.3 Å². The van der Waals surface area contributed by atoms with Gasteiger partial charge in [0.15, 0.2) is 0 Å². The number of aliphatic hydroxyl groups excluding tert-OH is 2. The fraction of sp³-hybridized carbons (Fsp3) is 0.571. The van der Waals surface area contributed by atoms with E-state index in [2.05, 4.69) is 0 Å². The Labute approximate surface area is 138 Å². The molecule has 0 aromatic heterocycles. The summed E-state index contributed by atoms with van der Waals surface area (Å²) in [6.45, 7) is 0. The number of alkyl halides is 5. The zero-order valence-electron chi connectivity index (χ0n) is 12.4. The molecule has 140 valence electrons. The zero-order chi connectivity index (χ0) is 18.8. The predicted octanol–water partition coefficient (Wildman–Crippen LogP) is 2.11. The van der Waals surface area contributed by atoms with Gasteiger partial charge in [-0.25, -0.2) is 17.2 Å². The van der Waals surface area contributed by atoms with Crippen LogP contribution in [0.2, 0.25) is 0 Å². The van der Waals surface area contributed by atoms with Crippen molar-refractivity contribution in [1.82, 2.24) is 0 Å². The monoisotopic (exact) mass is 388 g/mol. The van der Waals surface area contributed by atoms with E-state index in [9.17, 15) is 40.6 Å². The average molecular weight is 388 g/mol. The van der Waals surface area contributed by atoms with Crippen molar-refractivity contribution >= 4 is 9.84 Å². The highest BCUT2D eigenvalue weighted by atomic mass is 32.2. The number of aliphatic hydroxyl groups is 2. The molecule has 1 saturated carbocycles. The maximum atomic E-state index is 13.8. The summed E-state index contributed by atoms with van der Waals surface area (Å²) in [7, 11) is -5.92. The molecule has 1 atom stereocenters. The van der Waals surface area contributed by atoms with Crippen LogP contribution in [-0.2, 0) is 16.3 Å². The minimum absolute atomic E-state index is 0.218. The normalized spacial score (nSPS) is 28.4. The van der Waals surface area contributed by atoms with E-state index >= 15 is 0 Å². The van der Waals surface area contributed by atoms with Crippen molar-refractivity contribution in [2.24, 2.45) is 0 Å². The second kappa shape index (κ2) is 5.52. The Morgan fingerprint density at radius 1 is 1.16 bits per heavy atom. The second-order valence-corrected chi connectivity index (χ2v) is 8.02. The Bertz CT molecular complexity index is 799. The lowest BCUT2D eigenvalue weighted by Crippen LogP contribution is -2.37. The highest BCUT2D eigenvalue weighted by Gasteiger charge is 2.55. The maximum Gasteiger partial charge on any atom is 0.501 e. The van der Waals surface area contributed by atoms with E-state index in [0.29, 0.717) is 6.07 Å². The number of rotatable bonds is 3. The number of sulfone groups is 1. The van der Waals surface area contributed by atoms with Gasteiger partial charge in [0, 0.05) is 30.4 Å². The smallest absolute Gasteiger partial charge is 0.490 e. The fourth-order valence-corrected chi connectivity index (χ4v) is 3.95. The molecular formula is C14H13F5O5S. The quantitative estimate of drug-likeness (QED) is 0.775. The summed E-state index contributed by atoms with van der Waals surface area (Å²) in [4.78, 5) is -1.40. The minimum atomic E-state index is -5.92. The van der Waals surface area contributed by atoms with Crippen LogP contribution in [0.1, 0.15) is 30.1 Å². The number of hydrogen-bond acceptors (Lipinski definition) is 5. The molecule has 0 aliphatic heterocycles. The SMILES string of the molecule is O=S(=O)(c1ccc(OC2CC(O)C2)c2c1[C@H](O)C(F)(F)C2)C(F)(F)F. The summed E-state index contributed by atoms with van der Waals surface area (Å²) in [5, 5.41) is 18.9. The largest absolute Gasteiger partial charge is 0.501 e. The Balaban J connectivity index is 2.11. The summed E-state index contributed by atoms with van der Waals surface area (Å²) in [6, 6.07) is 1.38. The number of halogens is 5. The van der Waals surface area contributed by atoms with Gasteiger partial charge in [-0.15, -0.1) is 0 Å². The Morgan fingerprint density at radius 2 is 1.76 bits per heavy atom. The van der Waals surface area contributed by atoms with Crippen LogP contribution in [0.25, 0.3) is 0 Å². The van der Waals surface area contributed by atoms with Crippen LogP contribution in [0, 0.1) is 0 Å². The molecule has 0 spiro atoms. The van der Waals surface area contributed by atoms with Crippen LogP contribution in [0.4, 0.5) is 22.0 Å². The van der Waals surface area contributed by atoms with E-state index in [4.69, 9.17) is 4.74 Å². The number of fused-ring (bicyclic) bond motifs is 1. The van der Waals surface area contributed by atoms with Gasteiger partial charge in [0.05, 0.1) is 11.0 Å². The molecule has 0 heterocycles. The number of benzene rings is 1. The molecule has 2 aliphatic carbocycles. The van der Waals surface area contributed by atoms with E-state index in [0.717, 1.165) is 6.07 Å². The van der Waals surface area contributed by atoms with Crippen molar-refractivity contribution in [2.45, 2.75) is 53.9 Å². The Hall–Kier alpha value is -1.46. The summed E-state index contributed by atoms with van der Waals surface area (Å²) < 4.78 is 94.8. The first-order valence-corrected chi connectivity index (χ1v) is 8.70. The lowest BCUT2D eigenvalue weighted by molar-refractivity contribution is -0.0979. The third-order valence-electron chi connectivity index (χ3n) is 4.32. The molecule has 11 heteroatoms. The summed E-state index contributed by atoms with van der Waals surface area (Å²) in [5.41, 5.74) is -7.15. The van der Waals surface area contributed by atoms with Crippen LogP contribution in [0.3, 0.4) is 0 Å². The summed E-state index contributed by atoms with van der Waals surface area (Å²) in [6.07, 6.45) is -4.53. The van der Waals surface area contributed by atoms with E-state index in [1.54, 1.807) is 0 Å². The van der Waals surface area contributed by atoms with Crippen LogP contribution in [0.5, 0.6) is 5.75 Å². The first kappa shape index (κ1) is 18.3. The molecule has 0 amide bonds. The van der Waals surface area contributed by atoms with Crippen molar-refractivity contribution in [1.29, 1.82) is 0 Å². The highest BCUT2D eigenvalue weighted by Crippen LogP contribution is 2.50. The molecular weight excluding hydrogens is 375 g/mol. The van der Waals surface area contributed by atoms with Gasteiger partial charge in [-0.05, 0) is 12.1 Å². The third kappa shape index (κ3) is 2.87. The number of ether oxygens (including phenoxy) is 1. The molecule has 0 unspecified atom stereocenters. The average Bonchev–Trinajstić information content (AvgIpc) is 2.67. The molecule has 5 nitrogen and oxygen atoms in total. The molecule has 0 radical (unpaired) electrons. The molecule has 3 rings (SSSR count). The van der Waals surface area contributed by atoms with E-state index in [1.807, 2.05) is 0 Å². The van der Waals surface area contributed by atoms with Crippen molar-refractivity contribution < 1.29 is 45.3 Å². The molecule has 2 N–H and O–H groups in total. The van der Waals surface area contributed by atoms with E-state index in [-0.39, 0.29) is 18.6 Å². The van der Waals surface area contributed by atoms with Gasteiger partial charge in [-0.1, -0.05) is 0 Å². The van der Waals surface area contributed by atoms with Gasteiger partial charge in [0.1, 0.15) is 18.0 Å². The number of hydrogen-bond donors (Lipinski definition) is 2. The predicted molar refractivity (Wildman–Crippen MR) is 73.0 cm³/mol. The van der Waals surface area contributed by atoms with Crippen molar-refractivity contribution in [3.8, 4) is 5.75 Å². The Kier molecular flexibility index (Phi) is 4.05. The molecule has 2 aliphatic rings. The molecule has 1 fully saturated rings. The molecule has 0 saturated heterocycles. The van der Waals surface area contributed by atoms with Gasteiger partial charge < -0.3 is 14.9 Å². The van der Waals surface area contributed by atoms with Gasteiger partial charge in [0.2, 0.25) is 0 Å². The van der Waals surface area contributed by atoms with Gasteiger partial charge in [-0.3, -0.25) is 0 Å². The Morgan fingerprint density at radius 3 is 2.28 bits per heavy atom. The molecule has 1 aromatic rings. The fourth-order valence-electron chi connectivity index (χ4n) is 2.93. The van der Waals surface area contributed by atoms with E-state index < -0.39 is 62.0 Å². The summed E-state index contributed by atoms with van der Waals surface area (Å²) >= 11 is 0. The van der Waals surface area contributed by atoms with Crippen molar-refractivity contribution in [3.05, 3.63) is 23.3 Å². The van der Waals surface area contributed by atoms with Crippen LogP contribution >= 0.6 is 0 Å². The second-order valence-electron chi connectivity index (χ2n) is 6.11. The topological polar surface area (TPSA) is 83.8 Å². The van der Waals surface area contributed by atoms with Crippen LogP contribution in [0.15, 0.2) is 17.0 Å². The zero-order valence-corrected chi connectivity index (χ0v) is 13.2. The van der Waals surface area contributed by atoms with Crippen LogP contribution < -0.4 is 4.74 Å². The standard InChI is InChI=1S/C14H13F5O5S/c15-13(16)5-8-9(24-7-3-6(20)4-7)1-2-10(11(8)12(13)21)25(22,23)14(17,18)19/h1-2,6-7,12,20-21H,3-5H2/t6?,7?,12-/m0/s1. The molecule has 25 heavy (non-hydrogen) atoms. The van der Waals surface area contributed by atoms with Gasteiger partial charge >= 0.3 is 5.51 Å². The van der Waals surface area contributed by atoms with E-state index in [1.165, 1.54) is 0 Å². The van der Waals surface area contributed by atoms with Gasteiger partial charge in [0.25, 0.3) is 15.8 Å². The van der Waals surface area contributed by atoms with Crippen molar-refractivity contribution in [2.75, 3.05) is 0 Å².